The SMILES string of the molecule is O=C(CN1C(=O)CSC1=S)NC1CCC(Oc2ccc(Cl)cn2)CC1. The van der Waals surface area contributed by atoms with Crippen molar-refractivity contribution in [2.45, 2.75) is 37.8 Å². The van der Waals surface area contributed by atoms with Gasteiger partial charge in [-0.25, -0.2) is 4.98 Å². The van der Waals surface area contributed by atoms with E-state index in [1.807, 2.05) is 0 Å². The minimum absolute atomic E-state index is 0.00971. The highest BCUT2D eigenvalue weighted by atomic mass is 35.5. The molecule has 9 heteroatoms. The van der Waals surface area contributed by atoms with E-state index in [1.54, 1.807) is 18.3 Å². The van der Waals surface area contributed by atoms with Crippen LogP contribution in [0.4, 0.5) is 0 Å². The van der Waals surface area contributed by atoms with Crippen molar-refractivity contribution in [2.75, 3.05) is 12.3 Å². The van der Waals surface area contributed by atoms with Gasteiger partial charge >= 0.3 is 0 Å². The zero-order chi connectivity index (χ0) is 17.8. The summed E-state index contributed by atoms with van der Waals surface area (Å²) in [7, 11) is 0. The quantitative estimate of drug-likeness (QED) is 0.766. The van der Waals surface area contributed by atoms with Crippen molar-refractivity contribution >= 4 is 51.7 Å². The van der Waals surface area contributed by atoms with Gasteiger partial charge in [-0.1, -0.05) is 35.6 Å². The molecule has 0 spiro atoms. The number of carbonyl (C=O) groups is 2. The van der Waals surface area contributed by atoms with Crippen molar-refractivity contribution in [3.63, 3.8) is 0 Å². The van der Waals surface area contributed by atoms with Crippen LogP contribution in [0.1, 0.15) is 25.7 Å². The van der Waals surface area contributed by atoms with Gasteiger partial charge in [-0.2, -0.15) is 0 Å². The Bertz CT molecular complexity index is 647. The maximum Gasteiger partial charge on any atom is 0.240 e. The molecule has 1 saturated heterocycles. The van der Waals surface area contributed by atoms with E-state index in [0.717, 1.165) is 25.7 Å². The van der Waals surface area contributed by atoms with Gasteiger partial charge in [0.2, 0.25) is 17.7 Å². The lowest BCUT2D eigenvalue weighted by Crippen LogP contribution is -2.45. The van der Waals surface area contributed by atoms with Crippen LogP contribution >= 0.6 is 35.6 Å². The van der Waals surface area contributed by atoms with Gasteiger partial charge in [-0.15, -0.1) is 0 Å². The third-order valence-electron chi connectivity index (χ3n) is 4.17. The van der Waals surface area contributed by atoms with E-state index in [-0.39, 0.29) is 30.5 Å². The largest absolute Gasteiger partial charge is 0.474 e. The van der Waals surface area contributed by atoms with Crippen molar-refractivity contribution in [2.24, 2.45) is 0 Å². The van der Waals surface area contributed by atoms with Gasteiger partial charge in [0.05, 0.1) is 10.8 Å². The van der Waals surface area contributed by atoms with Crippen LogP contribution in [0, 0.1) is 0 Å². The number of thiocarbonyl (C=S) groups is 1. The van der Waals surface area contributed by atoms with Crippen LogP contribution in [0.5, 0.6) is 5.88 Å². The fourth-order valence-corrected chi connectivity index (χ4v) is 4.06. The molecule has 0 radical (unpaired) electrons. The zero-order valence-corrected chi connectivity index (χ0v) is 15.8. The van der Waals surface area contributed by atoms with Gasteiger partial charge in [0.25, 0.3) is 0 Å². The Kier molecular flexibility index (Phi) is 6.14. The first-order chi connectivity index (χ1) is 12.0. The second-order valence-corrected chi connectivity index (χ2v) is 8.05. The van der Waals surface area contributed by atoms with Crippen LogP contribution in [-0.4, -0.2) is 50.5 Å². The molecule has 2 amide bonds. The summed E-state index contributed by atoms with van der Waals surface area (Å²) in [6.45, 7) is 0.00971. The minimum atomic E-state index is -0.165. The van der Waals surface area contributed by atoms with Crippen molar-refractivity contribution in [1.29, 1.82) is 0 Å². The number of pyridine rings is 1. The standard InChI is InChI=1S/C16H18ClN3O3S2/c17-10-1-6-14(18-7-10)23-12-4-2-11(3-5-12)19-13(21)8-20-15(22)9-25-16(20)24/h1,6-7,11-12H,2-5,8-9H2,(H,19,21). The van der Waals surface area contributed by atoms with Crippen LogP contribution < -0.4 is 10.1 Å². The van der Waals surface area contributed by atoms with Crippen molar-refractivity contribution in [3.8, 4) is 5.88 Å². The molecule has 1 aliphatic carbocycles. The summed E-state index contributed by atoms with van der Waals surface area (Å²) >= 11 is 12.2. The average Bonchev–Trinajstić information content (AvgIpc) is 2.90. The number of amides is 2. The number of nitrogens with zero attached hydrogens (tertiary/aromatic N) is 2. The van der Waals surface area contributed by atoms with E-state index >= 15 is 0 Å². The van der Waals surface area contributed by atoms with Gasteiger partial charge in [-0.3, -0.25) is 14.5 Å². The smallest absolute Gasteiger partial charge is 0.240 e. The third kappa shape index (κ3) is 5.05. The maximum atomic E-state index is 12.1. The number of nitrogens with one attached hydrogen (secondary N) is 1. The van der Waals surface area contributed by atoms with Crippen LogP contribution in [0.15, 0.2) is 18.3 Å². The molecule has 2 heterocycles. The summed E-state index contributed by atoms with van der Waals surface area (Å²) in [5.41, 5.74) is 0. The van der Waals surface area contributed by atoms with Gasteiger partial charge < -0.3 is 10.1 Å². The second-order valence-electron chi connectivity index (χ2n) is 6.01. The molecule has 6 nitrogen and oxygen atoms in total. The molecule has 2 fully saturated rings. The first-order valence-corrected chi connectivity index (χ1v) is 9.83. The van der Waals surface area contributed by atoms with Crippen LogP contribution in [-0.2, 0) is 9.59 Å². The average molecular weight is 400 g/mol. The van der Waals surface area contributed by atoms with E-state index in [2.05, 4.69) is 10.3 Å². The molecule has 25 heavy (non-hydrogen) atoms. The third-order valence-corrected chi connectivity index (χ3v) is 5.83. The Morgan fingerprint density at radius 1 is 1.40 bits per heavy atom. The number of hydrogen-bond donors (Lipinski definition) is 1. The van der Waals surface area contributed by atoms with Crippen LogP contribution in [0.3, 0.4) is 0 Å². The van der Waals surface area contributed by atoms with E-state index in [0.29, 0.717) is 21.0 Å². The molecule has 1 aromatic rings. The monoisotopic (exact) mass is 399 g/mol. The molecule has 0 atom stereocenters. The number of thioether (sulfide) groups is 1. The summed E-state index contributed by atoms with van der Waals surface area (Å²) in [5, 5.41) is 3.57. The Morgan fingerprint density at radius 2 is 2.16 bits per heavy atom. The number of aromatic nitrogens is 1. The molecule has 0 unspecified atom stereocenters. The Morgan fingerprint density at radius 3 is 2.76 bits per heavy atom. The maximum absolute atomic E-state index is 12.1. The molecule has 2 aliphatic rings. The lowest BCUT2D eigenvalue weighted by molar-refractivity contribution is -0.130. The first kappa shape index (κ1) is 18.4. The highest BCUT2D eigenvalue weighted by molar-refractivity contribution is 8.23. The number of hydrogen-bond acceptors (Lipinski definition) is 6. The highest BCUT2D eigenvalue weighted by Gasteiger charge is 2.30. The Hall–Kier alpha value is -1.38. The van der Waals surface area contributed by atoms with E-state index in [1.165, 1.54) is 16.7 Å². The summed E-state index contributed by atoms with van der Waals surface area (Å²) in [6, 6.07) is 3.60. The van der Waals surface area contributed by atoms with Crippen molar-refractivity contribution in [3.05, 3.63) is 23.4 Å². The number of ether oxygens (including phenoxy) is 1. The van der Waals surface area contributed by atoms with Crippen molar-refractivity contribution in [1.82, 2.24) is 15.2 Å². The molecule has 0 bridgehead atoms. The van der Waals surface area contributed by atoms with Crippen molar-refractivity contribution < 1.29 is 14.3 Å². The predicted octanol–water partition coefficient (Wildman–Crippen LogP) is 2.40. The molecule has 1 N–H and O–H groups in total. The fraction of sp³-hybridized carbons (Fsp3) is 0.500. The van der Waals surface area contributed by atoms with Gasteiger partial charge in [0.1, 0.15) is 17.0 Å². The zero-order valence-electron chi connectivity index (χ0n) is 13.4. The minimum Gasteiger partial charge on any atom is -0.474 e. The lowest BCUT2D eigenvalue weighted by atomic mass is 9.93. The summed E-state index contributed by atoms with van der Waals surface area (Å²) < 4.78 is 6.32. The molecule has 1 saturated carbocycles. The Balaban J connectivity index is 1.41. The summed E-state index contributed by atoms with van der Waals surface area (Å²) in [6.07, 6.45) is 4.99. The summed E-state index contributed by atoms with van der Waals surface area (Å²) in [5.74, 6) is 0.628. The highest BCUT2D eigenvalue weighted by Crippen LogP contribution is 2.24. The molecular weight excluding hydrogens is 382 g/mol. The predicted molar refractivity (Wildman–Crippen MR) is 101 cm³/mol. The van der Waals surface area contributed by atoms with Gasteiger partial charge in [0, 0.05) is 18.3 Å². The van der Waals surface area contributed by atoms with E-state index in [9.17, 15) is 9.59 Å². The Labute approximate surface area is 160 Å². The second kappa shape index (κ2) is 8.33. The number of rotatable bonds is 5. The fourth-order valence-electron chi connectivity index (χ4n) is 2.88. The molecule has 1 aliphatic heterocycles. The number of carbonyl (C=O) groups excluding carboxylic acids is 2. The molecule has 1 aromatic heterocycles. The normalized spacial score (nSPS) is 23.6. The van der Waals surface area contributed by atoms with Gasteiger partial charge in [0.15, 0.2) is 0 Å². The first-order valence-electron chi connectivity index (χ1n) is 8.06. The van der Waals surface area contributed by atoms with Gasteiger partial charge in [-0.05, 0) is 31.7 Å². The molecule has 3 rings (SSSR count). The summed E-state index contributed by atoms with van der Waals surface area (Å²) in [4.78, 5) is 29.3. The van der Waals surface area contributed by atoms with Crippen LogP contribution in [0.2, 0.25) is 5.02 Å². The van der Waals surface area contributed by atoms with Crippen LogP contribution in [0.25, 0.3) is 0 Å². The lowest BCUT2D eigenvalue weighted by Gasteiger charge is -2.29. The number of halogens is 1. The van der Waals surface area contributed by atoms with E-state index in [4.69, 9.17) is 28.6 Å². The molecule has 134 valence electrons. The van der Waals surface area contributed by atoms with E-state index < -0.39 is 0 Å². The molecule has 0 aromatic carbocycles. The topological polar surface area (TPSA) is 71.5 Å². The molecular formula is C16H18ClN3O3S2.